The monoisotopic (exact) mass is 332 g/mol. The van der Waals surface area contributed by atoms with Gasteiger partial charge in [-0.3, -0.25) is 14.4 Å². The Morgan fingerprint density at radius 2 is 2.04 bits per heavy atom. The van der Waals surface area contributed by atoms with E-state index in [9.17, 15) is 14.4 Å². The van der Waals surface area contributed by atoms with Crippen molar-refractivity contribution >= 4 is 17.6 Å². The molecule has 1 heterocycles. The highest BCUT2D eigenvalue weighted by atomic mass is 16.5. The molecule has 1 saturated heterocycles. The van der Waals surface area contributed by atoms with Crippen molar-refractivity contribution in [1.29, 1.82) is 0 Å². The second-order valence-electron chi connectivity index (χ2n) is 6.00. The molecule has 1 fully saturated rings. The van der Waals surface area contributed by atoms with Crippen molar-refractivity contribution in [3.63, 3.8) is 0 Å². The number of likely N-dealkylation sites (N-methyl/N-ethyl adjacent to an activating group) is 1. The number of piperidine rings is 1. The molecule has 1 aliphatic rings. The van der Waals surface area contributed by atoms with Gasteiger partial charge in [-0.15, -0.1) is 0 Å². The Hall–Kier alpha value is -2.37. The van der Waals surface area contributed by atoms with Crippen LogP contribution in [0.15, 0.2) is 24.3 Å². The predicted octanol–water partition coefficient (Wildman–Crippen LogP) is 1.78. The molecule has 6 heteroatoms. The molecule has 0 radical (unpaired) electrons. The van der Waals surface area contributed by atoms with E-state index in [4.69, 9.17) is 4.74 Å². The fourth-order valence-electron chi connectivity index (χ4n) is 2.91. The number of rotatable bonds is 5. The van der Waals surface area contributed by atoms with E-state index < -0.39 is 12.1 Å². The minimum Gasteiger partial charge on any atom is -0.481 e. The number of carbonyl (C=O) groups is 3. The summed E-state index contributed by atoms with van der Waals surface area (Å²) in [6.45, 7) is 3.70. The molecule has 2 atom stereocenters. The number of nitrogens with one attached hydrogen (secondary N) is 1. The topological polar surface area (TPSA) is 75.7 Å². The highest BCUT2D eigenvalue weighted by molar-refractivity contribution is 5.94. The first-order valence-electron chi connectivity index (χ1n) is 8.23. The molecule has 0 aromatic heterocycles. The Kier molecular flexibility index (Phi) is 5.95. The second kappa shape index (κ2) is 7.95. The van der Waals surface area contributed by atoms with Crippen molar-refractivity contribution in [3.8, 4) is 5.75 Å². The summed E-state index contributed by atoms with van der Waals surface area (Å²) in [7, 11) is 1.58. The number of likely N-dealkylation sites (tertiary alicyclic amines) is 1. The summed E-state index contributed by atoms with van der Waals surface area (Å²) in [5.41, 5.74) is 0.536. The molecule has 0 bridgehead atoms. The van der Waals surface area contributed by atoms with Gasteiger partial charge in [0.15, 0.2) is 11.9 Å². The van der Waals surface area contributed by atoms with Crippen LogP contribution in [0.3, 0.4) is 0 Å². The zero-order valence-corrected chi connectivity index (χ0v) is 14.4. The zero-order valence-electron chi connectivity index (χ0n) is 14.4. The smallest absolute Gasteiger partial charge is 0.264 e. The maximum Gasteiger partial charge on any atom is 0.264 e. The number of carbonyl (C=O) groups excluding carboxylic acids is 3. The molecule has 1 aromatic carbocycles. The van der Waals surface area contributed by atoms with E-state index in [1.165, 1.54) is 6.92 Å². The molecule has 24 heavy (non-hydrogen) atoms. The van der Waals surface area contributed by atoms with E-state index in [0.717, 1.165) is 12.8 Å². The molecule has 2 rings (SSSR count). The number of benzene rings is 1. The fourth-order valence-corrected chi connectivity index (χ4v) is 2.91. The molecule has 6 nitrogen and oxygen atoms in total. The van der Waals surface area contributed by atoms with Crippen molar-refractivity contribution in [1.82, 2.24) is 10.2 Å². The lowest BCUT2D eigenvalue weighted by molar-refractivity contribution is -0.147. The van der Waals surface area contributed by atoms with Crippen molar-refractivity contribution in [2.24, 2.45) is 0 Å². The third kappa shape index (κ3) is 4.13. The molecular weight excluding hydrogens is 308 g/mol. The Labute approximate surface area is 142 Å². The lowest BCUT2D eigenvalue weighted by atomic mass is 10.0. The van der Waals surface area contributed by atoms with Crippen molar-refractivity contribution < 1.29 is 19.1 Å². The van der Waals surface area contributed by atoms with Crippen LogP contribution in [0.1, 0.15) is 43.5 Å². The highest BCUT2D eigenvalue weighted by Gasteiger charge is 2.34. The predicted molar refractivity (Wildman–Crippen MR) is 90.0 cm³/mol. The Morgan fingerprint density at radius 1 is 1.29 bits per heavy atom. The number of hydrogen-bond donors (Lipinski definition) is 1. The van der Waals surface area contributed by atoms with Crippen LogP contribution in [-0.2, 0) is 9.59 Å². The van der Waals surface area contributed by atoms with Crippen LogP contribution in [0, 0.1) is 0 Å². The summed E-state index contributed by atoms with van der Waals surface area (Å²) >= 11 is 0. The number of nitrogens with zero attached hydrogens (tertiary/aromatic N) is 1. The maximum atomic E-state index is 12.7. The quantitative estimate of drug-likeness (QED) is 0.834. The highest BCUT2D eigenvalue weighted by Crippen LogP contribution is 2.21. The van der Waals surface area contributed by atoms with Gasteiger partial charge in [-0.2, -0.15) is 0 Å². The van der Waals surface area contributed by atoms with Gasteiger partial charge in [0.2, 0.25) is 5.91 Å². The van der Waals surface area contributed by atoms with Crippen LogP contribution in [0.25, 0.3) is 0 Å². The zero-order chi connectivity index (χ0) is 17.7. The van der Waals surface area contributed by atoms with Crippen molar-refractivity contribution in [2.75, 3.05) is 13.6 Å². The molecule has 1 aromatic rings. The first-order valence-corrected chi connectivity index (χ1v) is 8.23. The van der Waals surface area contributed by atoms with Gasteiger partial charge < -0.3 is 15.0 Å². The van der Waals surface area contributed by atoms with E-state index in [2.05, 4.69) is 5.32 Å². The van der Waals surface area contributed by atoms with Crippen molar-refractivity contribution in [3.05, 3.63) is 29.8 Å². The molecule has 1 N–H and O–H groups in total. The van der Waals surface area contributed by atoms with Crippen LogP contribution >= 0.6 is 0 Å². The lowest BCUT2D eigenvalue weighted by Crippen LogP contribution is -2.54. The number of amides is 2. The lowest BCUT2D eigenvalue weighted by Gasteiger charge is -2.35. The molecule has 130 valence electrons. The normalized spacial score (nSPS) is 18.6. The summed E-state index contributed by atoms with van der Waals surface area (Å²) in [6, 6.07) is 6.32. The van der Waals surface area contributed by atoms with Crippen LogP contribution in [-0.4, -0.2) is 48.2 Å². The molecule has 0 unspecified atom stereocenters. The fraction of sp³-hybridized carbons (Fsp3) is 0.500. The van der Waals surface area contributed by atoms with Crippen molar-refractivity contribution in [2.45, 2.75) is 45.3 Å². The van der Waals surface area contributed by atoms with Gasteiger partial charge in [0, 0.05) is 19.2 Å². The number of hydrogen-bond acceptors (Lipinski definition) is 4. The molecule has 1 aliphatic heterocycles. The van der Waals surface area contributed by atoms with Gasteiger partial charge in [-0.05, 0) is 45.2 Å². The Balaban J connectivity index is 2.09. The first-order chi connectivity index (χ1) is 11.4. The SMILES string of the molecule is CNC(=O)[C@@H]1CCCCN1C(=O)[C@H](C)Oc1cccc(C(C)=O)c1. The van der Waals surface area contributed by atoms with E-state index in [-0.39, 0.29) is 17.6 Å². The summed E-state index contributed by atoms with van der Waals surface area (Å²) in [5, 5.41) is 2.62. The molecule has 0 aliphatic carbocycles. The number of ketones is 1. The first kappa shape index (κ1) is 18.0. The van der Waals surface area contributed by atoms with E-state index in [1.807, 2.05) is 0 Å². The summed E-state index contributed by atoms with van der Waals surface area (Å²) in [6.07, 6.45) is 1.75. The standard InChI is InChI=1S/C18H24N2O4/c1-12(21)14-7-6-8-15(11-14)24-13(2)18(23)20-10-5-4-9-16(20)17(22)19-3/h6-8,11,13,16H,4-5,9-10H2,1-3H3,(H,19,22)/t13-,16-/m0/s1. The summed E-state index contributed by atoms with van der Waals surface area (Å²) in [5.74, 6) is 0.0533. The van der Waals surface area contributed by atoms with Crippen LogP contribution in [0.4, 0.5) is 0 Å². The molecule has 0 spiro atoms. The molecule has 2 amide bonds. The van der Waals surface area contributed by atoms with Gasteiger partial charge in [0.25, 0.3) is 5.91 Å². The van der Waals surface area contributed by atoms with Crippen LogP contribution < -0.4 is 10.1 Å². The Bertz CT molecular complexity index is 629. The Morgan fingerprint density at radius 3 is 2.71 bits per heavy atom. The van der Waals surface area contributed by atoms with Gasteiger partial charge in [-0.1, -0.05) is 12.1 Å². The van der Waals surface area contributed by atoms with Gasteiger partial charge in [0.05, 0.1) is 0 Å². The summed E-state index contributed by atoms with van der Waals surface area (Å²) in [4.78, 5) is 37.7. The number of Topliss-reactive ketones (excluding diaryl/α,β-unsaturated/α-hetero) is 1. The minimum absolute atomic E-state index is 0.0601. The molecular formula is C18H24N2O4. The third-order valence-electron chi connectivity index (χ3n) is 4.24. The summed E-state index contributed by atoms with van der Waals surface area (Å²) < 4.78 is 5.71. The van der Waals surface area contributed by atoms with Crippen LogP contribution in [0.5, 0.6) is 5.75 Å². The molecule has 0 saturated carbocycles. The van der Waals surface area contributed by atoms with Gasteiger partial charge in [-0.25, -0.2) is 0 Å². The minimum atomic E-state index is -0.725. The van der Waals surface area contributed by atoms with Crippen LogP contribution in [0.2, 0.25) is 0 Å². The maximum absolute atomic E-state index is 12.7. The third-order valence-corrected chi connectivity index (χ3v) is 4.24. The average molecular weight is 332 g/mol. The largest absolute Gasteiger partial charge is 0.481 e. The van der Waals surface area contributed by atoms with Gasteiger partial charge >= 0.3 is 0 Å². The second-order valence-corrected chi connectivity index (χ2v) is 6.00. The van der Waals surface area contributed by atoms with E-state index >= 15 is 0 Å². The van der Waals surface area contributed by atoms with E-state index in [1.54, 1.807) is 43.1 Å². The van der Waals surface area contributed by atoms with Gasteiger partial charge in [0.1, 0.15) is 11.8 Å². The number of ether oxygens (including phenoxy) is 1. The van der Waals surface area contributed by atoms with E-state index in [0.29, 0.717) is 24.3 Å². The average Bonchev–Trinajstić information content (AvgIpc) is 2.60.